The summed E-state index contributed by atoms with van der Waals surface area (Å²) in [5, 5.41) is 13.6. The molecule has 0 aliphatic rings. The molecule has 0 radical (unpaired) electrons. The van der Waals surface area contributed by atoms with Gasteiger partial charge in [0, 0.05) is 0 Å². The Morgan fingerprint density at radius 3 is 2.47 bits per heavy atom. The molecule has 0 aromatic heterocycles. The fourth-order valence-electron chi connectivity index (χ4n) is 1.78. The van der Waals surface area contributed by atoms with E-state index in [1.807, 2.05) is 0 Å². The van der Waals surface area contributed by atoms with Gasteiger partial charge in [-0.05, 0) is 48.7 Å². The molecule has 0 heterocycles. The number of rotatable bonds is 6. The molecule has 104 valence electrons. The van der Waals surface area contributed by atoms with Crippen molar-refractivity contribution in [1.82, 2.24) is 0 Å². The summed E-state index contributed by atoms with van der Waals surface area (Å²) < 4.78 is 0. The fourth-order valence-corrected chi connectivity index (χ4v) is 2.23. The first-order valence-corrected chi connectivity index (χ1v) is 7.32. The van der Waals surface area contributed by atoms with Crippen molar-refractivity contribution in [3.05, 3.63) is 33.8 Å². The first kappa shape index (κ1) is 16.6. The Kier molecular flexibility index (Phi) is 6.98. The molecule has 0 fully saturated rings. The van der Waals surface area contributed by atoms with E-state index in [2.05, 4.69) is 36.2 Å². The predicted octanol–water partition coefficient (Wildman–Crippen LogP) is 4.93. The van der Waals surface area contributed by atoms with Crippen LogP contribution < -0.4 is 0 Å². The minimum atomic E-state index is -0.746. The number of nitrogens with zero attached hydrogens (tertiary/aromatic N) is 1. The highest BCUT2D eigenvalue weighted by molar-refractivity contribution is 7.78. The number of isothiocyanates is 1. The van der Waals surface area contributed by atoms with Crippen LogP contribution in [0.25, 0.3) is 0 Å². The van der Waals surface area contributed by atoms with Crippen LogP contribution in [0.1, 0.15) is 38.4 Å². The molecule has 1 rings (SSSR count). The highest BCUT2D eigenvalue weighted by Gasteiger charge is 2.21. The lowest BCUT2D eigenvalue weighted by molar-refractivity contribution is 0.140. The standard InChI is InChI=1S/C14H17Cl2NOS/c1-9(2)3-6-13(17-8-19)14(18)10-4-5-11(15)12(16)7-10/h4-5,7,9,13-14,18H,3,6H2,1-2H3. The quantitative estimate of drug-likeness (QED) is 0.595. The minimum Gasteiger partial charge on any atom is -0.386 e. The molecule has 1 aromatic rings. The van der Waals surface area contributed by atoms with E-state index in [4.69, 9.17) is 23.2 Å². The van der Waals surface area contributed by atoms with Gasteiger partial charge in [-0.15, -0.1) is 0 Å². The average Bonchev–Trinajstić information content (AvgIpc) is 2.36. The summed E-state index contributed by atoms with van der Waals surface area (Å²) >= 11 is 16.5. The Hall–Kier alpha value is -0.440. The predicted molar refractivity (Wildman–Crippen MR) is 84.3 cm³/mol. The summed E-state index contributed by atoms with van der Waals surface area (Å²) in [6, 6.07) is 4.79. The normalized spacial score (nSPS) is 14.0. The Balaban J connectivity index is 2.88. The number of halogens is 2. The first-order chi connectivity index (χ1) is 8.95. The van der Waals surface area contributed by atoms with Crippen LogP contribution in [0.5, 0.6) is 0 Å². The zero-order valence-electron chi connectivity index (χ0n) is 10.9. The number of hydrogen-bond donors (Lipinski definition) is 1. The maximum atomic E-state index is 10.4. The highest BCUT2D eigenvalue weighted by Crippen LogP contribution is 2.29. The molecular weight excluding hydrogens is 301 g/mol. The third-order valence-electron chi connectivity index (χ3n) is 2.91. The molecule has 1 N–H and O–H groups in total. The van der Waals surface area contributed by atoms with Crippen LogP contribution >= 0.6 is 35.4 Å². The third-order valence-corrected chi connectivity index (χ3v) is 3.75. The van der Waals surface area contributed by atoms with Crippen molar-refractivity contribution >= 4 is 40.6 Å². The van der Waals surface area contributed by atoms with Crippen LogP contribution in [0.15, 0.2) is 23.2 Å². The molecule has 0 amide bonds. The molecule has 0 saturated heterocycles. The number of aliphatic imine (C=N–C) groups is 1. The van der Waals surface area contributed by atoms with E-state index in [9.17, 15) is 5.11 Å². The summed E-state index contributed by atoms with van der Waals surface area (Å²) in [6.07, 6.45) is 0.968. The molecule has 2 atom stereocenters. The van der Waals surface area contributed by atoms with Gasteiger partial charge in [-0.3, -0.25) is 0 Å². The van der Waals surface area contributed by atoms with Crippen molar-refractivity contribution in [2.75, 3.05) is 0 Å². The van der Waals surface area contributed by atoms with E-state index >= 15 is 0 Å². The van der Waals surface area contributed by atoms with Crippen molar-refractivity contribution in [2.24, 2.45) is 10.9 Å². The zero-order chi connectivity index (χ0) is 14.4. The highest BCUT2D eigenvalue weighted by atomic mass is 35.5. The second-order valence-corrected chi connectivity index (χ2v) is 5.87. The lowest BCUT2D eigenvalue weighted by Gasteiger charge is -2.19. The summed E-state index contributed by atoms with van der Waals surface area (Å²) in [5.41, 5.74) is 0.692. The van der Waals surface area contributed by atoms with Crippen LogP contribution in [0, 0.1) is 5.92 Å². The number of thiocarbonyl (C=S) groups is 1. The Morgan fingerprint density at radius 1 is 1.26 bits per heavy atom. The molecular formula is C14H17Cl2NOS. The van der Waals surface area contributed by atoms with Crippen LogP contribution in [0.3, 0.4) is 0 Å². The van der Waals surface area contributed by atoms with Gasteiger partial charge in [-0.2, -0.15) is 0 Å². The summed E-state index contributed by atoms with van der Waals surface area (Å²) in [7, 11) is 0. The number of aliphatic hydroxyl groups excluding tert-OH is 1. The van der Waals surface area contributed by atoms with Crippen LogP contribution in [-0.4, -0.2) is 16.3 Å². The lowest BCUT2D eigenvalue weighted by Crippen LogP contribution is -2.17. The van der Waals surface area contributed by atoms with E-state index in [0.717, 1.165) is 12.8 Å². The number of hydrogen-bond acceptors (Lipinski definition) is 3. The van der Waals surface area contributed by atoms with Crippen LogP contribution in [-0.2, 0) is 0 Å². The maximum absolute atomic E-state index is 10.4. The van der Waals surface area contributed by atoms with E-state index in [1.54, 1.807) is 18.2 Å². The van der Waals surface area contributed by atoms with Gasteiger partial charge in [0.15, 0.2) is 0 Å². The van der Waals surface area contributed by atoms with Gasteiger partial charge >= 0.3 is 0 Å². The summed E-state index contributed by atoms with van der Waals surface area (Å²) in [4.78, 5) is 4.06. The average molecular weight is 318 g/mol. The molecule has 1 aromatic carbocycles. The first-order valence-electron chi connectivity index (χ1n) is 6.15. The van der Waals surface area contributed by atoms with E-state index in [1.165, 1.54) is 0 Å². The van der Waals surface area contributed by atoms with Gasteiger partial charge in [0.05, 0.1) is 21.2 Å². The van der Waals surface area contributed by atoms with Crippen molar-refractivity contribution in [3.63, 3.8) is 0 Å². The minimum absolute atomic E-state index is 0.294. The van der Waals surface area contributed by atoms with Gasteiger partial charge in [-0.25, -0.2) is 4.99 Å². The molecule has 0 saturated carbocycles. The summed E-state index contributed by atoms with van der Waals surface area (Å²) in [5.74, 6) is 0.545. The number of aliphatic hydroxyl groups is 1. The molecule has 0 bridgehead atoms. The molecule has 0 spiro atoms. The molecule has 2 nitrogen and oxygen atoms in total. The smallest absolute Gasteiger partial charge is 0.102 e. The number of benzene rings is 1. The van der Waals surface area contributed by atoms with Gasteiger partial charge in [0.25, 0.3) is 0 Å². The van der Waals surface area contributed by atoms with Gasteiger partial charge in [0.2, 0.25) is 0 Å². The van der Waals surface area contributed by atoms with Crippen molar-refractivity contribution < 1.29 is 5.11 Å². The maximum Gasteiger partial charge on any atom is 0.102 e. The molecule has 5 heteroatoms. The SMILES string of the molecule is CC(C)CCC(N=C=S)C(O)c1ccc(Cl)c(Cl)c1. The largest absolute Gasteiger partial charge is 0.386 e. The van der Waals surface area contributed by atoms with Gasteiger partial charge < -0.3 is 5.11 Å². The third kappa shape index (κ3) is 5.21. The molecule has 19 heavy (non-hydrogen) atoms. The second-order valence-electron chi connectivity index (χ2n) is 4.88. The topological polar surface area (TPSA) is 32.6 Å². The van der Waals surface area contributed by atoms with E-state index < -0.39 is 6.10 Å². The van der Waals surface area contributed by atoms with Crippen molar-refractivity contribution in [1.29, 1.82) is 0 Å². The Morgan fingerprint density at radius 2 is 1.95 bits per heavy atom. The zero-order valence-corrected chi connectivity index (χ0v) is 13.3. The van der Waals surface area contributed by atoms with E-state index in [0.29, 0.717) is 21.5 Å². The second kappa shape index (κ2) is 7.98. The van der Waals surface area contributed by atoms with E-state index in [-0.39, 0.29) is 6.04 Å². The Labute approximate surface area is 129 Å². The monoisotopic (exact) mass is 317 g/mol. The fraction of sp³-hybridized carbons (Fsp3) is 0.500. The van der Waals surface area contributed by atoms with Gasteiger partial charge in [0.1, 0.15) is 6.10 Å². The molecule has 0 aliphatic heterocycles. The van der Waals surface area contributed by atoms with Gasteiger partial charge in [-0.1, -0.05) is 43.1 Å². The van der Waals surface area contributed by atoms with Crippen LogP contribution in [0.2, 0.25) is 10.0 Å². The molecule has 0 aliphatic carbocycles. The Bertz CT molecular complexity index is 473. The van der Waals surface area contributed by atoms with Crippen molar-refractivity contribution in [2.45, 2.75) is 38.8 Å². The molecule has 2 unspecified atom stereocenters. The van der Waals surface area contributed by atoms with Crippen LogP contribution in [0.4, 0.5) is 0 Å². The summed E-state index contributed by atoms with van der Waals surface area (Å²) in [6.45, 7) is 4.26. The lowest BCUT2D eigenvalue weighted by atomic mass is 9.96. The van der Waals surface area contributed by atoms with Crippen molar-refractivity contribution in [3.8, 4) is 0 Å².